The van der Waals surface area contributed by atoms with Gasteiger partial charge < -0.3 is 14.0 Å². The molecule has 1 aliphatic carbocycles. The van der Waals surface area contributed by atoms with Crippen molar-refractivity contribution in [1.29, 1.82) is 0 Å². The maximum absolute atomic E-state index is 12.2. The molecule has 5 heteroatoms. The number of benzene rings is 1. The second kappa shape index (κ2) is 8.81. The van der Waals surface area contributed by atoms with E-state index in [1.807, 2.05) is 0 Å². The summed E-state index contributed by atoms with van der Waals surface area (Å²) in [6.45, 7) is 2.45. The van der Waals surface area contributed by atoms with Crippen molar-refractivity contribution >= 4 is 5.78 Å². The molecule has 0 saturated carbocycles. The number of ketones is 1. The number of hydrogen-bond donors (Lipinski definition) is 0. The van der Waals surface area contributed by atoms with Gasteiger partial charge in [0.1, 0.15) is 12.3 Å². The van der Waals surface area contributed by atoms with Crippen LogP contribution in [0.15, 0.2) is 28.8 Å². The predicted octanol–water partition coefficient (Wildman–Crippen LogP) is 4.27. The average Bonchev–Trinajstić information content (AvgIpc) is 3.38. The number of Topliss-reactive ketones (excluding diaryl/α,β-unsaturated/α-hetero) is 1. The molecule has 2 aromatic rings. The topological polar surface area (TPSA) is 61.6 Å². The number of aromatic nitrogens is 1. The van der Waals surface area contributed by atoms with E-state index in [4.69, 9.17) is 14.0 Å². The molecule has 0 spiro atoms. The summed E-state index contributed by atoms with van der Waals surface area (Å²) in [6, 6.07) is 8.34. The number of aryl methyl sites for hydroxylation is 2. The first-order valence-electron chi connectivity index (χ1n) is 10.0. The molecule has 1 aromatic carbocycles. The van der Waals surface area contributed by atoms with E-state index < -0.39 is 0 Å². The second-order valence-corrected chi connectivity index (χ2v) is 7.67. The van der Waals surface area contributed by atoms with Crippen molar-refractivity contribution < 1.29 is 18.8 Å². The van der Waals surface area contributed by atoms with E-state index in [1.54, 1.807) is 6.07 Å². The molecule has 2 aliphatic rings. The highest BCUT2D eigenvalue weighted by Crippen LogP contribution is 2.23. The Morgan fingerprint density at radius 2 is 2.04 bits per heavy atom. The summed E-state index contributed by atoms with van der Waals surface area (Å²) in [4.78, 5) is 12.2. The van der Waals surface area contributed by atoms with Gasteiger partial charge in [0.2, 0.25) is 0 Å². The molecule has 1 fully saturated rings. The van der Waals surface area contributed by atoms with Crippen LogP contribution in [0.3, 0.4) is 0 Å². The second-order valence-electron chi connectivity index (χ2n) is 7.67. The number of ether oxygens (including phenoxy) is 2. The van der Waals surface area contributed by atoms with Gasteiger partial charge in [-0.2, -0.15) is 0 Å². The van der Waals surface area contributed by atoms with Crippen LogP contribution in [0.2, 0.25) is 0 Å². The summed E-state index contributed by atoms with van der Waals surface area (Å²) >= 11 is 0. The summed E-state index contributed by atoms with van der Waals surface area (Å²) in [6.07, 6.45) is 7.34. The Balaban J connectivity index is 1.24. The van der Waals surface area contributed by atoms with Crippen LogP contribution >= 0.6 is 0 Å². The summed E-state index contributed by atoms with van der Waals surface area (Å²) in [5.74, 6) is 1.13. The lowest BCUT2D eigenvalue weighted by Crippen LogP contribution is -2.05. The standard InChI is InChI=1S/C22H27NO4/c24-22(8-6-16-9-10-25-13-16)21-12-20(27-23-21)15-26-14-17-5-7-18-3-1-2-4-19(18)11-17/h5,7,11-12,16H,1-4,6,8-10,13-15H2. The van der Waals surface area contributed by atoms with Gasteiger partial charge in [0.05, 0.1) is 6.61 Å². The molecule has 144 valence electrons. The van der Waals surface area contributed by atoms with Crippen LogP contribution in [-0.2, 0) is 35.5 Å². The number of nitrogens with zero attached hydrogens (tertiary/aromatic N) is 1. The zero-order valence-electron chi connectivity index (χ0n) is 15.7. The van der Waals surface area contributed by atoms with Crippen molar-refractivity contribution in [3.63, 3.8) is 0 Å². The first kappa shape index (κ1) is 18.4. The van der Waals surface area contributed by atoms with E-state index in [0.29, 0.717) is 37.0 Å². The van der Waals surface area contributed by atoms with Gasteiger partial charge in [0.25, 0.3) is 0 Å². The Morgan fingerprint density at radius 1 is 1.15 bits per heavy atom. The Morgan fingerprint density at radius 3 is 2.89 bits per heavy atom. The smallest absolute Gasteiger partial charge is 0.184 e. The summed E-state index contributed by atoms with van der Waals surface area (Å²) in [7, 11) is 0. The molecule has 0 N–H and O–H groups in total. The molecule has 2 heterocycles. The predicted molar refractivity (Wildman–Crippen MR) is 101 cm³/mol. The van der Waals surface area contributed by atoms with Crippen LogP contribution < -0.4 is 0 Å². The van der Waals surface area contributed by atoms with E-state index in [-0.39, 0.29) is 5.78 Å². The number of carbonyl (C=O) groups excluding carboxylic acids is 1. The Bertz CT molecular complexity index is 776. The number of carbonyl (C=O) groups is 1. The lowest BCUT2D eigenvalue weighted by molar-refractivity contribution is 0.0878. The molecule has 4 rings (SSSR count). The summed E-state index contributed by atoms with van der Waals surface area (Å²) < 4.78 is 16.4. The fourth-order valence-electron chi connectivity index (χ4n) is 3.93. The highest BCUT2D eigenvalue weighted by Gasteiger charge is 2.19. The van der Waals surface area contributed by atoms with Gasteiger partial charge in [-0.15, -0.1) is 0 Å². The third kappa shape index (κ3) is 4.85. The van der Waals surface area contributed by atoms with Crippen molar-refractivity contribution in [2.45, 2.75) is 58.2 Å². The van der Waals surface area contributed by atoms with Gasteiger partial charge in [-0.1, -0.05) is 23.4 Å². The van der Waals surface area contributed by atoms with Crippen molar-refractivity contribution in [2.75, 3.05) is 13.2 Å². The summed E-state index contributed by atoms with van der Waals surface area (Å²) in [5, 5.41) is 3.91. The van der Waals surface area contributed by atoms with Gasteiger partial charge in [0, 0.05) is 25.7 Å². The summed E-state index contributed by atoms with van der Waals surface area (Å²) in [5.41, 5.74) is 4.53. The number of rotatable bonds is 8. The lowest BCUT2D eigenvalue weighted by Gasteiger charge is -2.16. The minimum atomic E-state index is 0.0339. The van der Waals surface area contributed by atoms with Crippen molar-refractivity contribution in [1.82, 2.24) is 5.16 Å². The normalized spacial score (nSPS) is 19.2. The fraction of sp³-hybridized carbons (Fsp3) is 0.545. The molecule has 5 nitrogen and oxygen atoms in total. The minimum Gasteiger partial charge on any atom is -0.381 e. The zero-order chi connectivity index (χ0) is 18.5. The van der Waals surface area contributed by atoms with E-state index in [1.165, 1.54) is 42.4 Å². The molecule has 1 unspecified atom stereocenters. The largest absolute Gasteiger partial charge is 0.381 e. The molecular formula is C22H27NO4. The molecule has 0 amide bonds. The first-order chi connectivity index (χ1) is 13.3. The highest BCUT2D eigenvalue weighted by molar-refractivity contribution is 5.94. The third-order valence-electron chi connectivity index (χ3n) is 5.57. The first-order valence-corrected chi connectivity index (χ1v) is 10.0. The Hall–Kier alpha value is -1.98. The molecule has 1 aromatic heterocycles. The maximum Gasteiger partial charge on any atom is 0.184 e. The molecule has 1 atom stereocenters. The Labute approximate surface area is 160 Å². The van der Waals surface area contributed by atoms with E-state index in [9.17, 15) is 4.79 Å². The maximum atomic E-state index is 12.2. The molecule has 27 heavy (non-hydrogen) atoms. The highest BCUT2D eigenvalue weighted by atomic mass is 16.5. The van der Waals surface area contributed by atoms with Gasteiger partial charge in [-0.05, 0) is 61.1 Å². The van der Waals surface area contributed by atoms with Gasteiger partial charge in [-0.25, -0.2) is 0 Å². The van der Waals surface area contributed by atoms with Crippen LogP contribution in [0.1, 0.15) is 65.0 Å². The van der Waals surface area contributed by atoms with Gasteiger partial charge >= 0.3 is 0 Å². The fourth-order valence-corrected chi connectivity index (χ4v) is 3.93. The van der Waals surface area contributed by atoms with Gasteiger partial charge in [0.15, 0.2) is 11.5 Å². The zero-order valence-corrected chi connectivity index (χ0v) is 15.7. The van der Waals surface area contributed by atoms with Crippen molar-refractivity contribution in [2.24, 2.45) is 5.92 Å². The Kier molecular flexibility index (Phi) is 6.00. The third-order valence-corrected chi connectivity index (χ3v) is 5.57. The van der Waals surface area contributed by atoms with Crippen LogP contribution in [0.5, 0.6) is 0 Å². The molecule has 1 saturated heterocycles. The van der Waals surface area contributed by atoms with Crippen molar-refractivity contribution in [3.05, 3.63) is 52.4 Å². The lowest BCUT2D eigenvalue weighted by atomic mass is 9.90. The number of fused-ring (bicyclic) bond motifs is 1. The van der Waals surface area contributed by atoms with E-state index in [2.05, 4.69) is 23.4 Å². The number of hydrogen-bond acceptors (Lipinski definition) is 5. The van der Waals surface area contributed by atoms with Crippen LogP contribution in [0.25, 0.3) is 0 Å². The quantitative estimate of drug-likeness (QED) is 0.650. The van der Waals surface area contributed by atoms with Crippen LogP contribution in [0.4, 0.5) is 0 Å². The van der Waals surface area contributed by atoms with E-state index in [0.717, 1.165) is 26.1 Å². The monoisotopic (exact) mass is 369 g/mol. The van der Waals surface area contributed by atoms with Crippen molar-refractivity contribution in [3.8, 4) is 0 Å². The molecule has 0 bridgehead atoms. The SMILES string of the molecule is O=C(CCC1CCOC1)c1cc(COCc2ccc3c(c2)CCCC3)on1. The van der Waals surface area contributed by atoms with E-state index >= 15 is 0 Å². The molecule has 1 aliphatic heterocycles. The minimum absolute atomic E-state index is 0.0339. The molecular weight excluding hydrogens is 342 g/mol. The van der Waals surface area contributed by atoms with Gasteiger partial charge in [-0.3, -0.25) is 4.79 Å². The molecule has 0 radical (unpaired) electrons. The van der Waals surface area contributed by atoms with Crippen LogP contribution in [0, 0.1) is 5.92 Å². The average molecular weight is 369 g/mol. The van der Waals surface area contributed by atoms with Crippen LogP contribution in [-0.4, -0.2) is 24.2 Å².